The topological polar surface area (TPSA) is 43.1 Å². The fraction of sp³-hybridized carbons (Fsp3) is 0.538. The molecule has 94 valence electrons. The molecular weight excluding hydrogens is 254 g/mol. The maximum Gasteiger partial charge on any atom is 0.0594 e. The van der Waals surface area contributed by atoms with Crippen molar-refractivity contribution in [1.29, 1.82) is 0 Å². The van der Waals surface area contributed by atoms with Gasteiger partial charge in [0.2, 0.25) is 0 Å². The lowest BCUT2D eigenvalue weighted by Gasteiger charge is -2.21. The first-order valence-electron chi connectivity index (χ1n) is 6.10. The van der Waals surface area contributed by atoms with E-state index in [-0.39, 0.29) is 0 Å². The van der Waals surface area contributed by atoms with Crippen LogP contribution in [0.1, 0.15) is 32.1 Å². The molecule has 0 aliphatic heterocycles. The molecule has 0 heterocycles. The predicted molar refractivity (Wildman–Crippen MR) is 73.7 cm³/mol. The SMILES string of the molecule is Nc1ccc(Cl)c(S(=O)CC2CCCCC2)c1. The Hall–Kier alpha value is -0.540. The van der Waals surface area contributed by atoms with Gasteiger partial charge in [0, 0.05) is 11.4 Å². The zero-order chi connectivity index (χ0) is 12.3. The van der Waals surface area contributed by atoms with Gasteiger partial charge in [-0.2, -0.15) is 0 Å². The molecule has 2 rings (SSSR count). The minimum atomic E-state index is -1.01. The van der Waals surface area contributed by atoms with Crippen LogP contribution in [0.3, 0.4) is 0 Å². The zero-order valence-electron chi connectivity index (χ0n) is 9.82. The first-order chi connectivity index (χ1) is 8.16. The Kier molecular flexibility index (Phi) is 4.46. The van der Waals surface area contributed by atoms with E-state index in [1.807, 2.05) is 0 Å². The Labute approximate surface area is 110 Å². The van der Waals surface area contributed by atoms with Gasteiger partial charge in [-0.15, -0.1) is 0 Å². The Morgan fingerprint density at radius 1 is 1.29 bits per heavy atom. The number of hydrogen-bond acceptors (Lipinski definition) is 2. The zero-order valence-corrected chi connectivity index (χ0v) is 11.4. The molecule has 2 nitrogen and oxygen atoms in total. The third kappa shape index (κ3) is 3.46. The van der Waals surface area contributed by atoms with Crippen LogP contribution in [0.15, 0.2) is 23.1 Å². The van der Waals surface area contributed by atoms with E-state index in [1.54, 1.807) is 18.2 Å². The van der Waals surface area contributed by atoms with Crippen LogP contribution in [0, 0.1) is 5.92 Å². The molecule has 1 fully saturated rings. The standard InChI is InChI=1S/C13H18ClNOS/c14-12-7-6-11(15)8-13(12)17(16)9-10-4-2-1-3-5-10/h6-8,10H,1-5,9,15H2. The number of hydrogen-bond donors (Lipinski definition) is 1. The van der Waals surface area contributed by atoms with Gasteiger partial charge >= 0.3 is 0 Å². The van der Waals surface area contributed by atoms with E-state index >= 15 is 0 Å². The lowest BCUT2D eigenvalue weighted by Crippen LogP contribution is -2.15. The largest absolute Gasteiger partial charge is 0.399 e. The molecule has 2 N–H and O–H groups in total. The monoisotopic (exact) mass is 271 g/mol. The van der Waals surface area contributed by atoms with Gasteiger partial charge in [0.25, 0.3) is 0 Å². The second-order valence-corrected chi connectivity index (χ2v) is 6.58. The van der Waals surface area contributed by atoms with Gasteiger partial charge in [-0.3, -0.25) is 4.21 Å². The quantitative estimate of drug-likeness (QED) is 0.854. The van der Waals surface area contributed by atoms with Crippen molar-refractivity contribution in [1.82, 2.24) is 0 Å². The summed E-state index contributed by atoms with van der Waals surface area (Å²) in [5.74, 6) is 1.31. The van der Waals surface area contributed by atoms with Gasteiger partial charge in [-0.1, -0.05) is 30.9 Å². The van der Waals surface area contributed by atoms with Crippen molar-refractivity contribution < 1.29 is 4.21 Å². The molecule has 0 spiro atoms. The molecule has 0 aromatic heterocycles. The van der Waals surface area contributed by atoms with E-state index in [2.05, 4.69) is 0 Å². The van der Waals surface area contributed by atoms with Gasteiger partial charge in [-0.25, -0.2) is 0 Å². The van der Waals surface area contributed by atoms with Crippen molar-refractivity contribution in [2.24, 2.45) is 5.92 Å². The first-order valence-corrected chi connectivity index (χ1v) is 7.80. The molecule has 4 heteroatoms. The normalized spacial score (nSPS) is 19.1. The minimum absolute atomic E-state index is 0.563. The summed E-state index contributed by atoms with van der Waals surface area (Å²) >= 11 is 6.06. The molecule has 1 unspecified atom stereocenters. The summed E-state index contributed by atoms with van der Waals surface area (Å²) < 4.78 is 12.3. The highest BCUT2D eigenvalue weighted by molar-refractivity contribution is 7.85. The Morgan fingerprint density at radius 2 is 2.00 bits per heavy atom. The highest BCUT2D eigenvalue weighted by atomic mass is 35.5. The van der Waals surface area contributed by atoms with Crippen LogP contribution in [-0.2, 0) is 10.8 Å². The summed E-state index contributed by atoms with van der Waals surface area (Å²) in [7, 11) is -1.01. The number of nitrogens with two attached hydrogens (primary N) is 1. The van der Waals surface area contributed by atoms with Gasteiger partial charge in [0.05, 0.1) is 20.7 Å². The molecule has 1 aliphatic rings. The van der Waals surface area contributed by atoms with Gasteiger partial charge in [-0.05, 0) is 37.0 Å². The van der Waals surface area contributed by atoms with Gasteiger partial charge < -0.3 is 5.73 Å². The molecular formula is C13H18ClNOS. The number of halogens is 1. The second-order valence-electron chi connectivity index (χ2n) is 4.71. The Morgan fingerprint density at radius 3 is 2.71 bits per heavy atom. The van der Waals surface area contributed by atoms with Crippen molar-refractivity contribution in [3.05, 3.63) is 23.2 Å². The number of nitrogen functional groups attached to an aromatic ring is 1. The molecule has 1 aromatic rings. The highest BCUT2D eigenvalue weighted by Crippen LogP contribution is 2.28. The lowest BCUT2D eigenvalue weighted by atomic mass is 9.91. The molecule has 1 aliphatic carbocycles. The Bertz CT molecular complexity index is 416. The van der Waals surface area contributed by atoms with Crippen molar-refractivity contribution in [2.75, 3.05) is 11.5 Å². The minimum Gasteiger partial charge on any atom is -0.399 e. The van der Waals surface area contributed by atoms with Gasteiger partial charge in [0.1, 0.15) is 0 Å². The van der Waals surface area contributed by atoms with Crippen LogP contribution < -0.4 is 5.73 Å². The molecule has 1 saturated carbocycles. The summed E-state index contributed by atoms with van der Waals surface area (Å²) in [4.78, 5) is 0.692. The van der Waals surface area contributed by atoms with E-state index < -0.39 is 10.8 Å². The molecule has 1 atom stereocenters. The number of benzene rings is 1. The predicted octanol–water partition coefficient (Wildman–Crippen LogP) is 3.61. The second kappa shape index (κ2) is 5.87. The van der Waals surface area contributed by atoms with Gasteiger partial charge in [0.15, 0.2) is 0 Å². The van der Waals surface area contributed by atoms with E-state index in [4.69, 9.17) is 17.3 Å². The third-order valence-corrected chi connectivity index (χ3v) is 5.36. The molecule has 0 radical (unpaired) electrons. The van der Waals surface area contributed by atoms with Crippen molar-refractivity contribution >= 4 is 28.1 Å². The molecule has 0 saturated heterocycles. The van der Waals surface area contributed by atoms with E-state index in [9.17, 15) is 4.21 Å². The maximum atomic E-state index is 12.3. The van der Waals surface area contributed by atoms with Crippen LogP contribution >= 0.6 is 11.6 Å². The maximum absolute atomic E-state index is 12.3. The first kappa shape index (κ1) is 12.9. The highest BCUT2D eigenvalue weighted by Gasteiger charge is 2.18. The molecule has 0 bridgehead atoms. The van der Waals surface area contributed by atoms with E-state index in [0.717, 1.165) is 5.75 Å². The van der Waals surface area contributed by atoms with Crippen molar-refractivity contribution in [2.45, 2.75) is 37.0 Å². The Balaban J connectivity index is 2.05. The van der Waals surface area contributed by atoms with Crippen molar-refractivity contribution in [3.63, 3.8) is 0 Å². The van der Waals surface area contributed by atoms with E-state index in [0.29, 0.717) is 21.5 Å². The van der Waals surface area contributed by atoms with E-state index in [1.165, 1.54) is 32.1 Å². The smallest absolute Gasteiger partial charge is 0.0594 e. The fourth-order valence-electron chi connectivity index (χ4n) is 2.35. The van der Waals surface area contributed by atoms with Crippen LogP contribution in [0.4, 0.5) is 5.69 Å². The van der Waals surface area contributed by atoms with Crippen LogP contribution in [0.5, 0.6) is 0 Å². The summed E-state index contributed by atoms with van der Waals surface area (Å²) in [6.45, 7) is 0. The molecule has 0 amide bonds. The fourth-order valence-corrected chi connectivity index (χ4v) is 4.22. The summed E-state index contributed by atoms with van der Waals surface area (Å²) in [5, 5.41) is 0.563. The number of rotatable bonds is 3. The lowest BCUT2D eigenvalue weighted by molar-refractivity contribution is 0.388. The summed E-state index contributed by atoms with van der Waals surface area (Å²) in [6.07, 6.45) is 6.26. The third-order valence-electron chi connectivity index (χ3n) is 3.31. The summed E-state index contributed by atoms with van der Waals surface area (Å²) in [5.41, 5.74) is 6.33. The van der Waals surface area contributed by atoms with Crippen LogP contribution in [-0.4, -0.2) is 9.96 Å². The summed E-state index contributed by atoms with van der Waals surface area (Å²) in [6, 6.07) is 5.20. The van der Waals surface area contributed by atoms with Crippen LogP contribution in [0.2, 0.25) is 5.02 Å². The molecule has 17 heavy (non-hydrogen) atoms. The average Bonchev–Trinajstić information content (AvgIpc) is 2.33. The average molecular weight is 272 g/mol. The molecule has 1 aromatic carbocycles. The van der Waals surface area contributed by atoms with Crippen molar-refractivity contribution in [3.8, 4) is 0 Å². The number of anilines is 1. The van der Waals surface area contributed by atoms with Crippen LogP contribution in [0.25, 0.3) is 0 Å².